The maximum Gasteiger partial charge on any atom is 0.331 e. The van der Waals surface area contributed by atoms with E-state index in [4.69, 9.17) is 5.11 Å². The number of hydrogen-bond donors (Lipinski definition) is 1. The zero-order chi connectivity index (χ0) is 13.8. The fourth-order valence-corrected chi connectivity index (χ4v) is 1.33. The number of benzene rings is 1. The predicted octanol–water partition coefficient (Wildman–Crippen LogP) is 4.54. The van der Waals surface area contributed by atoms with Crippen LogP contribution in [0.1, 0.15) is 38.7 Å². The molecule has 1 aromatic rings. The smallest absolute Gasteiger partial charge is 0.331 e. The van der Waals surface area contributed by atoms with Gasteiger partial charge in [0.05, 0.1) is 0 Å². The van der Waals surface area contributed by atoms with Gasteiger partial charge in [-0.3, -0.25) is 0 Å². The molecule has 0 radical (unpaired) electrons. The molecule has 0 aliphatic carbocycles. The summed E-state index contributed by atoms with van der Waals surface area (Å²) < 4.78 is 0. The molecule has 0 amide bonds. The highest BCUT2D eigenvalue weighted by atomic mass is 16.4. The summed E-state index contributed by atoms with van der Waals surface area (Å²) in [5.74, 6) is -0.782. The van der Waals surface area contributed by atoms with Gasteiger partial charge in [0.25, 0.3) is 0 Å². The second kappa shape index (κ2) is 10.3. The zero-order valence-electron chi connectivity index (χ0n) is 11.2. The fourth-order valence-electron chi connectivity index (χ4n) is 1.33. The summed E-state index contributed by atoms with van der Waals surface area (Å²) in [5.41, 5.74) is 1.70. The number of allylic oxidation sites excluding steroid dienone is 1. The Kier molecular flexibility index (Phi) is 9.28. The van der Waals surface area contributed by atoms with Crippen molar-refractivity contribution in [2.24, 2.45) is 0 Å². The molecule has 0 fully saturated rings. The second-order valence-electron chi connectivity index (χ2n) is 3.84. The largest absolute Gasteiger partial charge is 0.478 e. The van der Waals surface area contributed by atoms with Crippen molar-refractivity contribution >= 4 is 12.0 Å². The Labute approximate surface area is 110 Å². The zero-order valence-corrected chi connectivity index (χ0v) is 11.2. The van der Waals surface area contributed by atoms with Crippen molar-refractivity contribution in [1.29, 1.82) is 0 Å². The average molecular weight is 246 g/mol. The van der Waals surface area contributed by atoms with Crippen molar-refractivity contribution in [2.45, 2.75) is 33.1 Å². The summed E-state index contributed by atoms with van der Waals surface area (Å²) in [6, 6.07) is 10.0. The molecular formula is C16H22O2. The van der Waals surface area contributed by atoms with E-state index < -0.39 is 5.97 Å². The predicted molar refractivity (Wildman–Crippen MR) is 77.5 cm³/mol. The highest BCUT2D eigenvalue weighted by molar-refractivity contribution is 5.86. The quantitative estimate of drug-likeness (QED) is 0.774. The Morgan fingerprint density at radius 2 is 1.94 bits per heavy atom. The molecule has 98 valence electrons. The van der Waals surface area contributed by atoms with Crippen molar-refractivity contribution in [3.05, 3.63) is 54.1 Å². The van der Waals surface area contributed by atoms with Crippen LogP contribution in [0.25, 0.3) is 6.08 Å². The highest BCUT2D eigenvalue weighted by Crippen LogP contribution is 2.06. The number of rotatable bonds is 5. The minimum atomic E-state index is -0.782. The van der Waals surface area contributed by atoms with E-state index in [9.17, 15) is 4.79 Å². The van der Waals surface area contributed by atoms with Crippen molar-refractivity contribution < 1.29 is 9.90 Å². The lowest BCUT2D eigenvalue weighted by Gasteiger charge is -1.97. The van der Waals surface area contributed by atoms with Crippen LogP contribution in [-0.2, 0) is 4.79 Å². The van der Waals surface area contributed by atoms with Crippen LogP contribution < -0.4 is 0 Å². The third-order valence-electron chi connectivity index (χ3n) is 2.46. The van der Waals surface area contributed by atoms with Gasteiger partial charge in [-0.2, -0.15) is 0 Å². The fraction of sp³-hybridized carbons (Fsp3) is 0.312. The molecule has 0 unspecified atom stereocenters. The molecule has 0 aliphatic rings. The molecule has 0 aliphatic heterocycles. The SMILES string of the molecule is C=Cc1ccccc1.CC=C(CCCC)C(=O)O. The van der Waals surface area contributed by atoms with E-state index in [1.54, 1.807) is 13.0 Å². The Hall–Kier alpha value is -1.83. The first-order chi connectivity index (χ1) is 8.65. The number of aliphatic carboxylic acids is 1. The summed E-state index contributed by atoms with van der Waals surface area (Å²) in [5, 5.41) is 8.53. The van der Waals surface area contributed by atoms with Gasteiger partial charge in [-0.15, -0.1) is 0 Å². The third kappa shape index (κ3) is 7.44. The number of carbonyl (C=O) groups is 1. The molecule has 18 heavy (non-hydrogen) atoms. The summed E-state index contributed by atoms with van der Waals surface area (Å²) in [6.07, 6.45) is 6.21. The maximum atomic E-state index is 10.4. The van der Waals surface area contributed by atoms with Gasteiger partial charge in [-0.1, -0.05) is 62.4 Å². The lowest BCUT2D eigenvalue weighted by atomic mass is 10.1. The summed E-state index contributed by atoms with van der Waals surface area (Å²) >= 11 is 0. The lowest BCUT2D eigenvalue weighted by Crippen LogP contribution is -1.99. The molecule has 1 rings (SSSR count). The van der Waals surface area contributed by atoms with E-state index >= 15 is 0 Å². The van der Waals surface area contributed by atoms with Gasteiger partial charge in [0.1, 0.15) is 0 Å². The molecule has 0 aromatic heterocycles. The Bertz CT molecular complexity index is 377. The topological polar surface area (TPSA) is 37.3 Å². The van der Waals surface area contributed by atoms with E-state index in [1.807, 2.05) is 36.4 Å². The van der Waals surface area contributed by atoms with E-state index in [2.05, 4.69) is 13.5 Å². The van der Waals surface area contributed by atoms with Crippen LogP contribution in [0.2, 0.25) is 0 Å². The van der Waals surface area contributed by atoms with Crippen LogP contribution in [0.4, 0.5) is 0 Å². The van der Waals surface area contributed by atoms with Crippen LogP contribution in [-0.4, -0.2) is 11.1 Å². The van der Waals surface area contributed by atoms with E-state index in [0.29, 0.717) is 12.0 Å². The lowest BCUT2D eigenvalue weighted by molar-refractivity contribution is -0.132. The Morgan fingerprint density at radius 3 is 2.28 bits per heavy atom. The molecule has 0 bridgehead atoms. The molecule has 0 saturated carbocycles. The molecule has 0 atom stereocenters. The highest BCUT2D eigenvalue weighted by Gasteiger charge is 2.02. The molecule has 0 heterocycles. The standard InChI is InChI=1S/C8H14O2.C8H8/c1-3-5-6-7(4-2)8(9)10;1-2-8-6-4-3-5-7-8/h4H,3,5-6H2,1-2H3,(H,9,10);2-7H,1H2. The monoisotopic (exact) mass is 246 g/mol. The first-order valence-electron chi connectivity index (χ1n) is 6.21. The van der Waals surface area contributed by atoms with Crippen LogP contribution in [0.5, 0.6) is 0 Å². The Balaban J connectivity index is 0.000000327. The van der Waals surface area contributed by atoms with Crippen molar-refractivity contribution in [3.63, 3.8) is 0 Å². The van der Waals surface area contributed by atoms with E-state index in [0.717, 1.165) is 12.8 Å². The minimum absolute atomic E-state index is 0.529. The summed E-state index contributed by atoms with van der Waals surface area (Å²) in [7, 11) is 0. The van der Waals surface area contributed by atoms with Crippen molar-refractivity contribution in [2.75, 3.05) is 0 Å². The number of unbranched alkanes of at least 4 members (excludes halogenated alkanes) is 1. The van der Waals surface area contributed by atoms with Crippen molar-refractivity contribution in [1.82, 2.24) is 0 Å². The van der Waals surface area contributed by atoms with Gasteiger partial charge in [0.15, 0.2) is 0 Å². The number of carboxylic acids is 1. The molecule has 0 saturated heterocycles. The van der Waals surface area contributed by atoms with E-state index in [-0.39, 0.29) is 0 Å². The molecule has 0 spiro atoms. The second-order valence-corrected chi connectivity index (χ2v) is 3.84. The molecule has 2 nitrogen and oxygen atoms in total. The van der Waals surface area contributed by atoms with Gasteiger partial charge in [-0.05, 0) is 25.3 Å². The van der Waals surface area contributed by atoms with E-state index in [1.165, 1.54) is 5.56 Å². The van der Waals surface area contributed by atoms with Gasteiger partial charge >= 0.3 is 5.97 Å². The van der Waals surface area contributed by atoms with Gasteiger partial charge in [-0.25, -0.2) is 4.79 Å². The Morgan fingerprint density at radius 1 is 1.33 bits per heavy atom. The van der Waals surface area contributed by atoms with Crippen LogP contribution in [0, 0.1) is 0 Å². The average Bonchev–Trinajstić information content (AvgIpc) is 2.41. The number of carboxylic acid groups (broad SMARTS) is 1. The first kappa shape index (κ1) is 16.2. The number of hydrogen-bond acceptors (Lipinski definition) is 1. The summed E-state index contributed by atoms with van der Waals surface area (Å²) in [6.45, 7) is 7.44. The third-order valence-corrected chi connectivity index (χ3v) is 2.46. The molecule has 2 heteroatoms. The normalized spacial score (nSPS) is 10.2. The molecular weight excluding hydrogens is 224 g/mol. The first-order valence-corrected chi connectivity index (χ1v) is 6.21. The van der Waals surface area contributed by atoms with Crippen LogP contribution in [0.15, 0.2) is 48.6 Å². The van der Waals surface area contributed by atoms with Crippen molar-refractivity contribution in [3.8, 4) is 0 Å². The van der Waals surface area contributed by atoms with Crippen LogP contribution in [0.3, 0.4) is 0 Å². The van der Waals surface area contributed by atoms with Crippen LogP contribution >= 0.6 is 0 Å². The van der Waals surface area contributed by atoms with Gasteiger partial charge in [0, 0.05) is 5.57 Å². The minimum Gasteiger partial charge on any atom is -0.478 e. The molecule has 1 N–H and O–H groups in total. The summed E-state index contributed by atoms with van der Waals surface area (Å²) in [4.78, 5) is 10.4. The molecule has 1 aromatic carbocycles. The van der Waals surface area contributed by atoms with Gasteiger partial charge in [0.2, 0.25) is 0 Å². The maximum absolute atomic E-state index is 10.4. The van der Waals surface area contributed by atoms with Gasteiger partial charge < -0.3 is 5.11 Å².